The monoisotopic (exact) mass is 490 g/mol. The maximum atomic E-state index is 13.7. The number of aliphatic imine (C=N–C) groups is 1. The molecule has 0 spiro atoms. The number of nitrogens with zero attached hydrogens (tertiary/aromatic N) is 2. The summed E-state index contributed by atoms with van der Waals surface area (Å²) >= 11 is 1.68. The van der Waals surface area contributed by atoms with Gasteiger partial charge in [0.1, 0.15) is 5.82 Å². The highest BCUT2D eigenvalue weighted by Gasteiger charge is 2.18. The number of benzene rings is 1. The van der Waals surface area contributed by atoms with Crippen LogP contribution in [-0.2, 0) is 12.0 Å². The molecule has 4 nitrogen and oxygen atoms in total. The summed E-state index contributed by atoms with van der Waals surface area (Å²) in [6.45, 7) is 10.8. The van der Waals surface area contributed by atoms with Crippen molar-refractivity contribution < 1.29 is 4.39 Å². The molecule has 1 heterocycles. The molecule has 1 atom stereocenters. The number of nitrogens with one attached hydrogen (secondary N) is 2. The average Bonchev–Trinajstić information content (AvgIpc) is 3.03. The zero-order chi connectivity index (χ0) is 18.6. The van der Waals surface area contributed by atoms with E-state index in [1.807, 2.05) is 13.0 Å². The third-order valence-corrected chi connectivity index (χ3v) is 5.22. The molecule has 26 heavy (non-hydrogen) atoms. The van der Waals surface area contributed by atoms with E-state index in [9.17, 15) is 4.39 Å². The summed E-state index contributed by atoms with van der Waals surface area (Å²) in [6, 6.07) is 5.24. The molecule has 0 saturated carbocycles. The molecular formula is C19H28FIN4S. The van der Waals surface area contributed by atoms with Gasteiger partial charge in [-0.15, -0.1) is 35.3 Å². The van der Waals surface area contributed by atoms with Crippen molar-refractivity contribution in [1.82, 2.24) is 15.6 Å². The van der Waals surface area contributed by atoms with Crippen LogP contribution < -0.4 is 10.6 Å². The highest BCUT2D eigenvalue weighted by Crippen LogP contribution is 2.25. The third kappa shape index (κ3) is 6.19. The third-order valence-electron chi connectivity index (χ3n) is 3.90. The van der Waals surface area contributed by atoms with E-state index in [1.54, 1.807) is 37.4 Å². The normalized spacial score (nSPS) is 13.1. The molecule has 0 radical (unpaired) electrons. The van der Waals surface area contributed by atoms with E-state index in [0.29, 0.717) is 18.1 Å². The molecule has 0 aliphatic heterocycles. The lowest BCUT2D eigenvalue weighted by atomic mass is 9.98. The highest BCUT2D eigenvalue weighted by atomic mass is 127. The van der Waals surface area contributed by atoms with Gasteiger partial charge < -0.3 is 10.6 Å². The van der Waals surface area contributed by atoms with Crippen LogP contribution in [0.15, 0.2) is 28.6 Å². The molecule has 0 amide bonds. The summed E-state index contributed by atoms with van der Waals surface area (Å²) in [5.74, 6) is 0.477. The lowest BCUT2D eigenvalue weighted by molar-refractivity contribution is 0.582. The van der Waals surface area contributed by atoms with Gasteiger partial charge in [-0.1, -0.05) is 32.9 Å². The molecule has 2 rings (SSSR count). The van der Waals surface area contributed by atoms with Crippen LogP contribution in [0.25, 0.3) is 0 Å². The molecule has 0 fully saturated rings. The van der Waals surface area contributed by atoms with E-state index in [2.05, 4.69) is 46.8 Å². The second-order valence-electron chi connectivity index (χ2n) is 7.19. The van der Waals surface area contributed by atoms with E-state index in [1.165, 1.54) is 0 Å². The number of hydrogen-bond donors (Lipinski definition) is 2. The quantitative estimate of drug-likeness (QED) is 0.363. The fourth-order valence-corrected chi connectivity index (χ4v) is 3.18. The first kappa shape index (κ1) is 22.8. The van der Waals surface area contributed by atoms with E-state index in [-0.39, 0.29) is 41.3 Å². The zero-order valence-electron chi connectivity index (χ0n) is 16.2. The van der Waals surface area contributed by atoms with Gasteiger partial charge in [0, 0.05) is 17.8 Å². The molecule has 1 aromatic carbocycles. The van der Waals surface area contributed by atoms with E-state index >= 15 is 0 Å². The Kier molecular flexibility index (Phi) is 8.46. The van der Waals surface area contributed by atoms with Crippen LogP contribution in [0.1, 0.15) is 55.6 Å². The maximum Gasteiger partial charge on any atom is 0.191 e. The second kappa shape index (κ2) is 9.64. The summed E-state index contributed by atoms with van der Waals surface area (Å²) in [6.07, 6.45) is 0. The molecule has 0 aliphatic carbocycles. The van der Waals surface area contributed by atoms with Gasteiger partial charge in [0.05, 0.1) is 23.3 Å². The Bertz CT molecular complexity index is 752. The topological polar surface area (TPSA) is 49.3 Å². The summed E-state index contributed by atoms with van der Waals surface area (Å²) in [4.78, 5) is 8.91. The smallest absolute Gasteiger partial charge is 0.191 e. The molecule has 0 aliphatic rings. The largest absolute Gasteiger partial charge is 0.351 e. The van der Waals surface area contributed by atoms with Crippen molar-refractivity contribution in [3.63, 3.8) is 0 Å². The number of thiazole rings is 1. The van der Waals surface area contributed by atoms with Crippen molar-refractivity contribution in [1.29, 1.82) is 0 Å². The molecule has 2 N–H and O–H groups in total. The summed E-state index contributed by atoms with van der Waals surface area (Å²) < 4.78 is 13.7. The molecule has 1 aromatic heterocycles. The van der Waals surface area contributed by atoms with Crippen molar-refractivity contribution in [2.45, 2.75) is 52.6 Å². The lowest BCUT2D eigenvalue weighted by Crippen LogP contribution is -2.38. The van der Waals surface area contributed by atoms with Crippen LogP contribution in [0.3, 0.4) is 0 Å². The van der Waals surface area contributed by atoms with Gasteiger partial charge in [0.25, 0.3) is 0 Å². The van der Waals surface area contributed by atoms with Gasteiger partial charge in [-0.25, -0.2) is 9.37 Å². The number of halogens is 2. The van der Waals surface area contributed by atoms with E-state index in [4.69, 9.17) is 0 Å². The Morgan fingerprint density at radius 1 is 1.35 bits per heavy atom. The molecule has 7 heteroatoms. The number of aryl methyl sites for hydroxylation is 1. The Hall–Kier alpha value is -1.22. The van der Waals surface area contributed by atoms with Gasteiger partial charge in [-0.05, 0) is 31.0 Å². The predicted molar refractivity (Wildman–Crippen MR) is 119 cm³/mol. The van der Waals surface area contributed by atoms with Gasteiger partial charge in [0.2, 0.25) is 0 Å². The SMILES string of the molecule is CN=C(NCc1csc(C(C)(C)C)n1)NC(C)c1ccc(C)c(F)c1.I. The molecule has 2 aromatic rings. The Morgan fingerprint density at radius 3 is 2.58 bits per heavy atom. The van der Waals surface area contributed by atoms with Gasteiger partial charge in [-0.2, -0.15) is 0 Å². The van der Waals surface area contributed by atoms with Crippen molar-refractivity contribution in [3.8, 4) is 0 Å². The highest BCUT2D eigenvalue weighted by molar-refractivity contribution is 14.0. The first-order valence-corrected chi connectivity index (χ1v) is 9.27. The minimum atomic E-state index is -0.189. The van der Waals surface area contributed by atoms with Crippen LogP contribution >= 0.6 is 35.3 Å². The first-order valence-electron chi connectivity index (χ1n) is 8.39. The zero-order valence-corrected chi connectivity index (χ0v) is 19.3. The van der Waals surface area contributed by atoms with Crippen molar-refractivity contribution >= 4 is 41.3 Å². The minimum absolute atomic E-state index is 0. The van der Waals surface area contributed by atoms with Crippen molar-refractivity contribution in [2.75, 3.05) is 7.05 Å². The number of guanidine groups is 1. The molecular weight excluding hydrogens is 462 g/mol. The van der Waals surface area contributed by atoms with E-state index < -0.39 is 0 Å². The van der Waals surface area contributed by atoms with Crippen LogP contribution in [0.2, 0.25) is 0 Å². The maximum absolute atomic E-state index is 13.7. The van der Waals surface area contributed by atoms with Crippen molar-refractivity contribution in [2.24, 2.45) is 4.99 Å². The van der Waals surface area contributed by atoms with Gasteiger partial charge in [-0.3, -0.25) is 4.99 Å². The van der Waals surface area contributed by atoms with Crippen LogP contribution in [0, 0.1) is 12.7 Å². The minimum Gasteiger partial charge on any atom is -0.351 e. The molecule has 0 bridgehead atoms. The summed E-state index contributed by atoms with van der Waals surface area (Å²) in [5, 5.41) is 9.74. The number of aromatic nitrogens is 1. The molecule has 144 valence electrons. The van der Waals surface area contributed by atoms with Crippen LogP contribution in [-0.4, -0.2) is 18.0 Å². The molecule has 1 unspecified atom stereocenters. The number of rotatable bonds is 4. The summed E-state index contributed by atoms with van der Waals surface area (Å²) in [7, 11) is 1.72. The van der Waals surface area contributed by atoms with Gasteiger partial charge in [0.15, 0.2) is 5.96 Å². The summed E-state index contributed by atoms with van der Waals surface area (Å²) in [5.41, 5.74) is 2.59. The van der Waals surface area contributed by atoms with Crippen LogP contribution in [0.5, 0.6) is 0 Å². The molecule has 0 saturated heterocycles. The average molecular weight is 490 g/mol. The fourth-order valence-electron chi connectivity index (χ4n) is 2.27. The standard InChI is InChI=1S/C19H27FN4S.HI/c1-12-7-8-14(9-16(12)20)13(2)23-18(21-6)22-10-15-11-25-17(24-15)19(3,4)5;/h7-9,11,13H,10H2,1-6H3,(H2,21,22,23);1H. The Morgan fingerprint density at radius 2 is 2.04 bits per heavy atom. The second-order valence-corrected chi connectivity index (χ2v) is 8.05. The van der Waals surface area contributed by atoms with Crippen LogP contribution in [0.4, 0.5) is 4.39 Å². The predicted octanol–water partition coefficient (Wildman–Crippen LogP) is 4.93. The fraction of sp³-hybridized carbons (Fsp3) is 0.474. The first-order chi connectivity index (χ1) is 11.7. The van der Waals surface area contributed by atoms with Crippen molar-refractivity contribution in [3.05, 3.63) is 51.2 Å². The Balaban J connectivity index is 0.00000338. The number of hydrogen-bond acceptors (Lipinski definition) is 3. The lowest BCUT2D eigenvalue weighted by Gasteiger charge is -2.18. The van der Waals surface area contributed by atoms with E-state index in [0.717, 1.165) is 16.3 Å². The Labute approximate surface area is 176 Å². The van der Waals surface area contributed by atoms with Gasteiger partial charge >= 0.3 is 0 Å².